The summed E-state index contributed by atoms with van der Waals surface area (Å²) in [6.45, 7) is 8.96. The minimum absolute atomic E-state index is 0.0766. The number of rotatable bonds is 22. The SMILES string of the molecule is CC(C)[C@H](NC(=O)[C@H](CCCCN1C(=O)C=CC1=O)NC(=O)OC(C)(C)C)C(=O)N[C@@H](C)C(=O)Nc1ccc(COC(=O)N(C)Cc2ccccc2C(=O)Nc2nc3c(ncn3[C@@H]3OC4CO[PH](=O)O[C@H]5C[C@H](Oc6ccncn6)C[C@@H]5CO[PH](=O)O[C@@H]3[C@@H]4O)c(=O)[nH]2)cc1. The Bertz CT molecular complexity index is 3760. The molecule has 33 nitrogen and oxygen atoms in total. The topological polar surface area (TPSA) is 421 Å². The van der Waals surface area contributed by atoms with Crippen LogP contribution in [0.2, 0.25) is 0 Å². The van der Waals surface area contributed by atoms with Crippen molar-refractivity contribution < 1.29 is 89.6 Å². The summed E-state index contributed by atoms with van der Waals surface area (Å²) in [6.07, 6.45) is -0.578. The van der Waals surface area contributed by atoms with E-state index in [1.54, 1.807) is 83.1 Å². The van der Waals surface area contributed by atoms with Crippen molar-refractivity contribution in [1.82, 2.24) is 55.2 Å². The van der Waals surface area contributed by atoms with Gasteiger partial charge in [-0.2, -0.15) is 4.98 Å². The van der Waals surface area contributed by atoms with Crippen LogP contribution in [-0.2, 0) is 78.6 Å². The maximum atomic E-state index is 14.0. The molecular weight excluding hydrogens is 1280 g/mol. The Morgan fingerprint density at radius 3 is 2.28 bits per heavy atom. The van der Waals surface area contributed by atoms with Crippen LogP contribution in [0.5, 0.6) is 5.88 Å². The third kappa shape index (κ3) is 18.8. The lowest BCUT2D eigenvalue weighted by Gasteiger charge is -2.27. The average Bonchev–Trinajstić information content (AvgIpc) is 1.63. The number of anilines is 2. The molecule has 95 heavy (non-hydrogen) atoms. The number of nitrogens with zero attached hydrogens (tertiary/aromatic N) is 7. The predicted molar refractivity (Wildman–Crippen MR) is 335 cm³/mol. The van der Waals surface area contributed by atoms with Crippen molar-refractivity contribution in [3.63, 3.8) is 0 Å². The van der Waals surface area contributed by atoms with Gasteiger partial charge in [0.05, 0.1) is 25.6 Å². The number of alkyl carbamates (subject to hydrolysis) is 1. The van der Waals surface area contributed by atoms with Gasteiger partial charge < -0.3 is 63.8 Å². The largest absolute Gasteiger partial charge is 0.474 e. The highest BCUT2D eigenvalue weighted by Gasteiger charge is 2.49. The Morgan fingerprint density at radius 1 is 0.842 bits per heavy atom. The molecule has 3 fully saturated rings. The van der Waals surface area contributed by atoms with E-state index < -0.39 is 149 Å². The first-order valence-corrected chi connectivity index (χ1v) is 32.9. The van der Waals surface area contributed by atoms with Crippen molar-refractivity contribution in [2.24, 2.45) is 11.8 Å². The van der Waals surface area contributed by atoms with Gasteiger partial charge >= 0.3 is 28.7 Å². The van der Waals surface area contributed by atoms with E-state index in [0.29, 0.717) is 42.0 Å². The molecule has 3 aromatic heterocycles. The number of ether oxygens (including phenoxy) is 4. The van der Waals surface area contributed by atoms with Gasteiger partial charge in [-0.1, -0.05) is 44.2 Å². The van der Waals surface area contributed by atoms with Crippen LogP contribution in [0.1, 0.15) is 101 Å². The second-order valence-corrected chi connectivity index (χ2v) is 26.2. The molecule has 9 rings (SSSR count). The summed E-state index contributed by atoms with van der Waals surface area (Å²) in [5.41, 5.74) is -0.679. The summed E-state index contributed by atoms with van der Waals surface area (Å²) >= 11 is 0. The second-order valence-electron chi connectivity index (χ2n) is 24.2. The van der Waals surface area contributed by atoms with E-state index in [1.807, 2.05) is 0 Å². The lowest BCUT2D eigenvalue weighted by Crippen LogP contribution is -2.57. The molecule has 35 heteroatoms. The fourth-order valence-corrected chi connectivity index (χ4v) is 12.5. The quantitative estimate of drug-likeness (QED) is 0.0290. The van der Waals surface area contributed by atoms with Crippen molar-refractivity contribution in [2.75, 3.05) is 37.4 Å². The van der Waals surface area contributed by atoms with Gasteiger partial charge in [0.1, 0.15) is 61.1 Å². The van der Waals surface area contributed by atoms with E-state index in [-0.39, 0.29) is 61.8 Å². The zero-order chi connectivity index (χ0) is 68.3. The molecule has 2 aromatic carbocycles. The number of carbonyl (C=O) groups excluding carboxylic acids is 8. The van der Waals surface area contributed by atoms with Crippen LogP contribution in [0.25, 0.3) is 11.2 Å². The molecule has 3 aliphatic heterocycles. The Hall–Kier alpha value is -8.81. The van der Waals surface area contributed by atoms with Crippen LogP contribution in [0.15, 0.2) is 90.4 Å². The predicted octanol–water partition coefficient (Wildman–Crippen LogP) is 4.22. The number of hydrogen-bond donors (Lipinski definition) is 7. The third-order valence-electron chi connectivity index (χ3n) is 15.5. The maximum Gasteiger partial charge on any atom is 0.410 e. The Balaban J connectivity index is 0.757. The second kappa shape index (κ2) is 31.6. The summed E-state index contributed by atoms with van der Waals surface area (Å²) < 4.78 is 73.9. The molecule has 5 aromatic rings. The zero-order valence-electron chi connectivity index (χ0n) is 52.8. The first kappa shape index (κ1) is 70.5. The number of aromatic nitrogens is 6. The van der Waals surface area contributed by atoms with Crippen LogP contribution in [-0.4, -0.2) is 173 Å². The first-order chi connectivity index (χ1) is 45.3. The van der Waals surface area contributed by atoms with Crippen LogP contribution in [0.4, 0.5) is 21.2 Å². The van der Waals surface area contributed by atoms with Gasteiger partial charge in [0, 0.05) is 68.1 Å². The molecule has 2 bridgehead atoms. The summed E-state index contributed by atoms with van der Waals surface area (Å²) in [7, 11) is -5.15. The van der Waals surface area contributed by atoms with Crippen molar-refractivity contribution >= 4 is 86.9 Å². The molecule has 3 unspecified atom stereocenters. The molecular formula is C60H75N13O20P2. The number of nitrogens with one attached hydrogen (secondary N) is 6. The van der Waals surface area contributed by atoms with Gasteiger partial charge in [-0.05, 0) is 88.6 Å². The van der Waals surface area contributed by atoms with E-state index in [2.05, 4.69) is 51.5 Å². The Kier molecular flexibility index (Phi) is 23.5. The van der Waals surface area contributed by atoms with E-state index in [4.69, 9.17) is 37.0 Å². The normalized spacial score (nSPS) is 23.0. The number of imide groups is 1. The number of carbonyl (C=O) groups is 8. The van der Waals surface area contributed by atoms with Gasteiger partial charge in [0.25, 0.3) is 23.3 Å². The van der Waals surface area contributed by atoms with Crippen LogP contribution in [0, 0.1) is 11.8 Å². The Morgan fingerprint density at radius 2 is 1.57 bits per heavy atom. The number of H-pyrrole nitrogens is 1. The number of benzene rings is 2. The molecule has 8 amide bonds. The molecule has 0 radical (unpaired) electrons. The fraction of sp³-hybridized carbons (Fsp3) is 0.483. The van der Waals surface area contributed by atoms with Crippen LogP contribution < -0.4 is 36.9 Å². The lowest BCUT2D eigenvalue weighted by atomic mass is 10.0. The monoisotopic (exact) mass is 1360 g/mol. The number of imidazole rings is 1. The van der Waals surface area contributed by atoms with Crippen molar-refractivity contribution in [1.29, 1.82) is 0 Å². The van der Waals surface area contributed by atoms with Crippen LogP contribution in [0.3, 0.4) is 0 Å². The summed E-state index contributed by atoms with van der Waals surface area (Å²) in [4.78, 5) is 140. The van der Waals surface area contributed by atoms with Crippen LogP contribution >= 0.6 is 16.5 Å². The minimum atomic E-state index is -3.39. The smallest absolute Gasteiger partial charge is 0.410 e. The number of aromatic amines is 1. The van der Waals surface area contributed by atoms with Gasteiger partial charge in [0.15, 0.2) is 17.4 Å². The van der Waals surface area contributed by atoms with E-state index in [0.717, 1.165) is 4.90 Å². The highest BCUT2D eigenvalue weighted by molar-refractivity contribution is 7.33. The van der Waals surface area contributed by atoms with Gasteiger partial charge in [-0.15, -0.1) is 0 Å². The summed E-state index contributed by atoms with van der Waals surface area (Å²) in [6, 6.07) is 10.8. The van der Waals surface area contributed by atoms with E-state index in [9.17, 15) is 57.4 Å². The molecule has 12 atom stereocenters. The number of unbranched alkanes of at least 4 members (excludes halogenated alkanes) is 1. The number of aliphatic hydroxyl groups excluding tert-OH is 1. The van der Waals surface area contributed by atoms with Crippen molar-refractivity contribution in [3.05, 3.63) is 113 Å². The molecule has 4 aliphatic rings. The average molecular weight is 1360 g/mol. The number of hydrogen-bond acceptors (Lipinski definition) is 24. The molecule has 1 aliphatic carbocycles. The highest BCUT2D eigenvalue weighted by Crippen LogP contribution is 2.45. The lowest BCUT2D eigenvalue weighted by molar-refractivity contribution is -0.137. The van der Waals surface area contributed by atoms with Crippen molar-refractivity contribution in [2.45, 2.75) is 147 Å². The zero-order valence-corrected chi connectivity index (χ0v) is 54.8. The third-order valence-corrected chi connectivity index (χ3v) is 17.3. The summed E-state index contributed by atoms with van der Waals surface area (Å²) in [5.74, 6) is -4.54. The first-order valence-electron chi connectivity index (χ1n) is 30.5. The Labute approximate surface area is 545 Å². The van der Waals surface area contributed by atoms with Gasteiger partial charge in [-0.3, -0.25) is 67.0 Å². The molecule has 2 saturated heterocycles. The number of amides is 8. The number of aliphatic hydroxyl groups is 1. The molecule has 7 N–H and O–H groups in total. The number of fused-ring (bicyclic) bond motifs is 4. The highest BCUT2D eigenvalue weighted by atomic mass is 31.1. The standard InChI is InChI=1S/C60H75N13O20P2/c1-32(2)46(67-53(79)40(66-58(82)91-60(4,5)6)14-10-11-23-72-44(74)19-20-45(72)75)54(80)64-33(3)51(77)65-37-17-15-34(16-18-37)27-86-59(83)71(7)26-35-12-8-9-13-39(35)52(78)69-57-68-50-47(55(81)70-57)63-31-73(50)56-49-48(76)42(90-56)29-88-94(84)92-41-25-38(89-43-21-22-61-30-62-43)24-36(41)28-87-95(85)93-49/h8-9,12-13,15-22,30-33,36,38,40-42,46,48-49,56,76,94-95H,10-11,14,23-29H2,1-7H3,(H,64,80)(H,65,77)(H,66,82)(H,67,79)(H2,68,69,70,78,81)/t33-,36+,38+,40-,41-,42?,46-,48+,49+,56+/m0/s1. The summed E-state index contributed by atoms with van der Waals surface area (Å²) in [5, 5.41) is 24.6. The molecule has 0 spiro atoms. The van der Waals surface area contributed by atoms with Gasteiger partial charge in [0.2, 0.25) is 29.5 Å². The van der Waals surface area contributed by atoms with E-state index in [1.165, 1.54) is 60.5 Å². The molecule has 1 saturated carbocycles. The molecule has 510 valence electrons. The van der Waals surface area contributed by atoms with E-state index >= 15 is 0 Å². The minimum Gasteiger partial charge on any atom is -0.474 e. The maximum absolute atomic E-state index is 14.0. The fourth-order valence-electron chi connectivity index (χ4n) is 10.7. The van der Waals surface area contributed by atoms with Gasteiger partial charge in [-0.25, -0.2) is 24.5 Å². The van der Waals surface area contributed by atoms with Crippen molar-refractivity contribution in [3.8, 4) is 5.88 Å². The molecule has 6 heterocycles.